The highest BCUT2D eigenvalue weighted by atomic mass is 16.5. The lowest BCUT2D eigenvalue weighted by Crippen LogP contribution is -2.23. The lowest BCUT2D eigenvalue weighted by atomic mass is 10.2. The van der Waals surface area contributed by atoms with E-state index in [0.717, 1.165) is 22.7 Å². The maximum absolute atomic E-state index is 12.3. The molecule has 0 radical (unpaired) electrons. The summed E-state index contributed by atoms with van der Waals surface area (Å²) in [6, 6.07) is 18.6. The van der Waals surface area contributed by atoms with Gasteiger partial charge in [0.15, 0.2) is 0 Å². The van der Waals surface area contributed by atoms with Crippen molar-refractivity contribution >= 4 is 17.4 Å². The molecule has 2 N–H and O–H groups in total. The predicted molar refractivity (Wildman–Crippen MR) is 105 cm³/mol. The van der Waals surface area contributed by atoms with Crippen LogP contribution in [0, 0.1) is 0 Å². The number of pyridine rings is 1. The van der Waals surface area contributed by atoms with E-state index in [0.29, 0.717) is 17.9 Å². The second kappa shape index (κ2) is 8.71. The molecule has 1 heterocycles. The molecule has 0 spiro atoms. The van der Waals surface area contributed by atoms with Gasteiger partial charge in [0.05, 0.1) is 19.8 Å². The van der Waals surface area contributed by atoms with Gasteiger partial charge in [0.2, 0.25) is 0 Å². The van der Waals surface area contributed by atoms with E-state index in [4.69, 9.17) is 9.47 Å². The first-order valence-electron chi connectivity index (χ1n) is 8.47. The Bertz CT molecular complexity index is 893. The van der Waals surface area contributed by atoms with Gasteiger partial charge in [-0.1, -0.05) is 18.2 Å². The molecule has 2 aromatic carbocycles. The van der Waals surface area contributed by atoms with Crippen LogP contribution >= 0.6 is 0 Å². The summed E-state index contributed by atoms with van der Waals surface area (Å²) in [5.41, 5.74) is 2.29. The Morgan fingerprint density at radius 3 is 2.41 bits per heavy atom. The van der Waals surface area contributed by atoms with Crippen molar-refractivity contribution in [3.05, 3.63) is 78.0 Å². The zero-order chi connectivity index (χ0) is 19.1. The molecule has 3 rings (SSSR count). The fraction of sp³-hybridized carbons (Fsp3) is 0.143. The Morgan fingerprint density at radius 2 is 1.74 bits per heavy atom. The fourth-order valence-corrected chi connectivity index (χ4v) is 2.55. The van der Waals surface area contributed by atoms with Crippen molar-refractivity contribution < 1.29 is 14.3 Å². The quantitative estimate of drug-likeness (QED) is 0.668. The maximum Gasteiger partial charge on any atom is 0.253 e. The zero-order valence-corrected chi connectivity index (χ0v) is 15.2. The van der Waals surface area contributed by atoms with E-state index in [1.54, 1.807) is 32.5 Å². The Balaban J connectivity index is 1.59. The summed E-state index contributed by atoms with van der Waals surface area (Å²) in [6.07, 6.45) is 1.55. The highest BCUT2D eigenvalue weighted by Crippen LogP contribution is 2.19. The minimum Gasteiger partial charge on any atom is -0.497 e. The van der Waals surface area contributed by atoms with Crippen LogP contribution in [-0.4, -0.2) is 25.1 Å². The Kier molecular flexibility index (Phi) is 5.89. The molecule has 0 aliphatic heterocycles. The van der Waals surface area contributed by atoms with Gasteiger partial charge in [-0.2, -0.15) is 0 Å². The molecule has 0 bridgehead atoms. The number of ether oxygens (including phenoxy) is 2. The number of nitrogens with one attached hydrogen (secondary N) is 2. The number of hydrogen-bond acceptors (Lipinski definition) is 5. The van der Waals surface area contributed by atoms with Crippen LogP contribution in [0.5, 0.6) is 11.5 Å². The Labute approximate surface area is 158 Å². The molecule has 0 saturated carbocycles. The normalized spacial score (nSPS) is 10.1. The molecule has 0 fully saturated rings. The van der Waals surface area contributed by atoms with Crippen LogP contribution in [0.4, 0.5) is 11.5 Å². The van der Waals surface area contributed by atoms with E-state index < -0.39 is 0 Å². The highest BCUT2D eigenvalue weighted by Gasteiger charge is 2.08. The van der Waals surface area contributed by atoms with Gasteiger partial charge in [0.1, 0.15) is 17.3 Å². The topological polar surface area (TPSA) is 72.5 Å². The van der Waals surface area contributed by atoms with Crippen molar-refractivity contribution in [2.45, 2.75) is 6.54 Å². The van der Waals surface area contributed by atoms with Crippen LogP contribution in [-0.2, 0) is 6.54 Å². The number of methoxy groups -OCH3 is 2. The summed E-state index contributed by atoms with van der Waals surface area (Å²) in [5.74, 6) is 2.00. The number of nitrogens with zero attached hydrogens (tertiary/aromatic N) is 1. The summed E-state index contributed by atoms with van der Waals surface area (Å²) in [6.45, 7) is 0.384. The fourth-order valence-electron chi connectivity index (χ4n) is 2.55. The van der Waals surface area contributed by atoms with Crippen LogP contribution in [0.25, 0.3) is 0 Å². The van der Waals surface area contributed by atoms with Crippen LogP contribution in [0.2, 0.25) is 0 Å². The molecular weight excluding hydrogens is 342 g/mol. The van der Waals surface area contributed by atoms with E-state index in [1.807, 2.05) is 48.5 Å². The first kappa shape index (κ1) is 18.3. The van der Waals surface area contributed by atoms with E-state index in [2.05, 4.69) is 15.6 Å². The zero-order valence-electron chi connectivity index (χ0n) is 15.2. The van der Waals surface area contributed by atoms with Gasteiger partial charge in [-0.25, -0.2) is 4.98 Å². The van der Waals surface area contributed by atoms with E-state index in [-0.39, 0.29) is 5.91 Å². The molecule has 1 aromatic heterocycles. The molecule has 27 heavy (non-hydrogen) atoms. The van der Waals surface area contributed by atoms with Gasteiger partial charge >= 0.3 is 0 Å². The number of aromatic nitrogens is 1. The third-order valence-corrected chi connectivity index (χ3v) is 4.02. The van der Waals surface area contributed by atoms with Crippen molar-refractivity contribution in [1.82, 2.24) is 10.3 Å². The van der Waals surface area contributed by atoms with Crippen molar-refractivity contribution in [3.63, 3.8) is 0 Å². The molecule has 0 unspecified atom stereocenters. The van der Waals surface area contributed by atoms with Gasteiger partial charge in [0, 0.05) is 24.0 Å². The molecule has 0 saturated heterocycles. The van der Waals surface area contributed by atoms with Crippen molar-refractivity contribution in [2.75, 3.05) is 19.5 Å². The third kappa shape index (κ3) is 4.76. The number of amides is 1. The third-order valence-electron chi connectivity index (χ3n) is 4.02. The Morgan fingerprint density at radius 1 is 0.963 bits per heavy atom. The predicted octanol–water partition coefficient (Wildman–Crippen LogP) is 3.77. The van der Waals surface area contributed by atoms with Crippen LogP contribution < -0.4 is 20.1 Å². The van der Waals surface area contributed by atoms with E-state index >= 15 is 0 Å². The Hall–Kier alpha value is -3.54. The molecule has 0 aliphatic carbocycles. The van der Waals surface area contributed by atoms with E-state index in [1.165, 1.54) is 0 Å². The van der Waals surface area contributed by atoms with Gasteiger partial charge in [-0.05, 0) is 42.5 Å². The molecule has 0 aliphatic rings. The van der Waals surface area contributed by atoms with Crippen LogP contribution in [0.15, 0.2) is 66.9 Å². The second-order valence-electron chi connectivity index (χ2n) is 5.78. The average Bonchev–Trinajstić information content (AvgIpc) is 2.73. The number of anilines is 2. The summed E-state index contributed by atoms with van der Waals surface area (Å²) >= 11 is 0. The van der Waals surface area contributed by atoms with Crippen molar-refractivity contribution in [3.8, 4) is 11.5 Å². The maximum atomic E-state index is 12.3. The second-order valence-corrected chi connectivity index (χ2v) is 5.78. The van der Waals surface area contributed by atoms with Crippen molar-refractivity contribution in [1.29, 1.82) is 0 Å². The number of para-hydroxylation sites is 1. The lowest BCUT2D eigenvalue weighted by Gasteiger charge is -2.10. The molecule has 1 amide bonds. The minimum atomic E-state index is -0.190. The number of carbonyl (C=O) groups is 1. The van der Waals surface area contributed by atoms with Gasteiger partial charge in [0.25, 0.3) is 5.91 Å². The molecular formula is C21H21N3O3. The summed E-state index contributed by atoms with van der Waals surface area (Å²) in [7, 11) is 3.24. The van der Waals surface area contributed by atoms with Gasteiger partial charge in [-0.15, -0.1) is 0 Å². The first-order chi connectivity index (χ1) is 13.2. The van der Waals surface area contributed by atoms with Crippen LogP contribution in [0.1, 0.15) is 15.9 Å². The summed E-state index contributed by atoms with van der Waals surface area (Å²) in [4.78, 5) is 16.6. The van der Waals surface area contributed by atoms with Crippen molar-refractivity contribution in [2.24, 2.45) is 0 Å². The number of carbonyl (C=O) groups excluding carboxylic acids is 1. The van der Waals surface area contributed by atoms with E-state index in [9.17, 15) is 4.79 Å². The monoisotopic (exact) mass is 363 g/mol. The molecule has 3 aromatic rings. The summed E-state index contributed by atoms with van der Waals surface area (Å²) in [5, 5.41) is 6.06. The number of hydrogen-bond donors (Lipinski definition) is 2. The smallest absolute Gasteiger partial charge is 0.253 e. The van der Waals surface area contributed by atoms with Crippen LogP contribution in [0.3, 0.4) is 0 Å². The highest BCUT2D eigenvalue weighted by molar-refractivity contribution is 5.94. The largest absolute Gasteiger partial charge is 0.497 e. The standard InChI is InChI=1S/C21H21N3O3/c1-26-18-10-8-17(9-11-18)24-20-12-7-16(14-22-20)21(25)23-13-15-5-3-4-6-19(15)27-2/h3-12,14H,13H2,1-2H3,(H,22,24)(H,23,25). The minimum absolute atomic E-state index is 0.190. The molecule has 6 nitrogen and oxygen atoms in total. The molecule has 138 valence electrons. The van der Waals surface area contributed by atoms with Gasteiger partial charge < -0.3 is 20.1 Å². The number of rotatable bonds is 7. The summed E-state index contributed by atoms with van der Waals surface area (Å²) < 4.78 is 10.4. The average molecular weight is 363 g/mol. The lowest BCUT2D eigenvalue weighted by molar-refractivity contribution is 0.0950. The first-order valence-corrected chi connectivity index (χ1v) is 8.47. The molecule has 6 heteroatoms. The number of benzene rings is 2. The SMILES string of the molecule is COc1ccc(Nc2ccc(C(=O)NCc3ccccc3OC)cn2)cc1. The molecule has 0 atom stereocenters. The van der Waals surface area contributed by atoms with Gasteiger partial charge in [-0.3, -0.25) is 4.79 Å².